The fourth-order valence-corrected chi connectivity index (χ4v) is 4.43. The highest BCUT2D eigenvalue weighted by Crippen LogP contribution is 2.44. The summed E-state index contributed by atoms with van der Waals surface area (Å²) in [7, 11) is 4.04. The molecule has 4 rings (SSSR count). The van der Waals surface area contributed by atoms with Crippen LogP contribution in [-0.2, 0) is 18.4 Å². The van der Waals surface area contributed by atoms with Crippen molar-refractivity contribution in [1.29, 1.82) is 0 Å². The Hall–Kier alpha value is -2.14. The number of aromatic nitrogens is 2. The summed E-state index contributed by atoms with van der Waals surface area (Å²) in [5.74, 6) is 1.41. The number of imidazole rings is 1. The van der Waals surface area contributed by atoms with E-state index in [0.717, 1.165) is 50.3 Å². The normalized spacial score (nSPS) is 23.5. The van der Waals surface area contributed by atoms with Crippen LogP contribution in [-0.4, -0.2) is 50.9 Å². The molecule has 0 bridgehead atoms. The Labute approximate surface area is 149 Å². The Morgan fingerprint density at radius 3 is 2.52 bits per heavy atom. The lowest BCUT2D eigenvalue weighted by molar-refractivity contribution is -0.131. The molecule has 0 unspecified atom stereocenters. The standard InChI is InChI=1S/C20H26N4O/c1-22-13-10-21-18(22)15-24-11-8-20(9-12-24)14-17(19(25)23(20)2)16-6-4-3-5-7-16/h3-7,10,13,17H,8-9,11-12,14-15H2,1-2H3/t17-/m0/s1. The molecule has 1 spiro atoms. The van der Waals surface area contributed by atoms with Crippen molar-refractivity contribution in [2.75, 3.05) is 20.1 Å². The van der Waals surface area contributed by atoms with Crippen LogP contribution in [0.2, 0.25) is 0 Å². The number of nitrogens with zero attached hydrogens (tertiary/aromatic N) is 4. The van der Waals surface area contributed by atoms with Crippen molar-refractivity contribution in [3.05, 3.63) is 54.1 Å². The Balaban J connectivity index is 1.45. The molecule has 25 heavy (non-hydrogen) atoms. The van der Waals surface area contributed by atoms with Gasteiger partial charge in [0.15, 0.2) is 0 Å². The van der Waals surface area contributed by atoms with Gasteiger partial charge >= 0.3 is 0 Å². The number of rotatable bonds is 3. The minimum Gasteiger partial charge on any atom is -0.339 e. The van der Waals surface area contributed by atoms with E-state index in [0.29, 0.717) is 0 Å². The number of carbonyl (C=O) groups excluding carboxylic acids is 1. The molecule has 0 aliphatic carbocycles. The quantitative estimate of drug-likeness (QED) is 0.863. The molecule has 1 aromatic heterocycles. The molecule has 0 radical (unpaired) electrons. The molecule has 2 aliphatic rings. The summed E-state index contributed by atoms with van der Waals surface area (Å²) in [6.07, 6.45) is 6.89. The fraction of sp³-hybridized carbons (Fsp3) is 0.500. The van der Waals surface area contributed by atoms with Gasteiger partial charge in [0.1, 0.15) is 5.82 Å². The highest BCUT2D eigenvalue weighted by Gasteiger charge is 2.50. The SMILES string of the molecule is CN1C(=O)[C@H](c2ccccc2)CC12CCN(Cc1nccn1C)CC2. The van der Waals surface area contributed by atoms with E-state index in [1.807, 2.05) is 49.6 Å². The lowest BCUT2D eigenvalue weighted by Crippen LogP contribution is -2.51. The van der Waals surface area contributed by atoms with E-state index in [4.69, 9.17) is 0 Å². The molecule has 0 N–H and O–H groups in total. The van der Waals surface area contributed by atoms with E-state index in [-0.39, 0.29) is 17.4 Å². The monoisotopic (exact) mass is 338 g/mol. The third-order valence-electron chi connectivity index (χ3n) is 6.20. The molecule has 2 saturated heterocycles. The third kappa shape index (κ3) is 2.86. The zero-order valence-electron chi connectivity index (χ0n) is 15.1. The van der Waals surface area contributed by atoms with Gasteiger partial charge in [0.05, 0.1) is 12.5 Å². The van der Waals surface area contributed by atoms with Crippen LogP contribution in [0.1, 0.15) is 36.6 Å². The minimum atomic E-state index is 0.0206. The van der Waals surface area contributed by atoms with Gasteiger partial charge in [-0.2, -0.15) is 0 Å². The molecule has 1 amide bonds. The average Bonchev–Trinajstić information content (AvgIpc) is 3.15. The number of hydrogen-bond acceptors (Lipinski definition) is 3. The predicted octanol–water partition coefficient (Wildman–Crippen LogP) is 2.40. The van der Waals surface area contributed by atoms with Gasteiger partial charge in [0.2, 0.25) is 5.91 Å². The summed E-state index contributed by atoms with van der Waals surface area (Å²) in [6, 6.07) is 10.3. The first kappa shape index (κ1) is 16.3. The third-order valence-corrected chi connectivity index (χ3v) is 6.20. The van der Waals surface area contributed by atoms with Crippen LogP contribution in [0.25, 0.3) is 0 Å². The number of likely N-dealkylation sites (N-methyl/N-ethyl adjacent to an activating group) is 1. The zero-order chi connectivity index (χ0) is 17.4. The Kier molecular flexibility index (Phi) is 4.12. The summed E-state index contributed by atoms with van der Waals surface area (Å²) >= 11 is 0. The second-order valence-electron chi connectivity index (χ2n) is 7.52. The first-order valence-electron chi connectivity index (χ1n) is 9.10. The second kappa shape index (κ2) is 6.30. The van der Waals surface area contributed by atoms with Gasteiger partial charge in [-0.05, 0) is 24.8 Å². The molecular formula is C20H26N4O. The number of benzene rings is 1. The Morgan fingerprint density at radius 1 is 1.16 bits per heavy atom. The van der Waals surface area contributed by atoms with Crippen LogP contribution in [0.15, 0.2) is 42.7 Å². The van der Waals surface area contributed by atoms with Gasteiger partial charge in [-0.1, -0.05) is 30.3 Å². The van der Waals surface area contributed by atoms with E-state index >= 15 is 0 Å². The smallest absolute Gasteiger partial charge is 0.230 e. The van der Waals surface area contributed by atoms with Gasteiger partial charge in [-0.25, -0.2) is 4.98 Å². The summed E-state index contributed by atoms with van der Waals surface area (Å²) in [5, 5.41) is 0. The van der Waals surface area contributed by atoms with E-state index in [2.05, 4.69) is 26.6 Å². The van der Waals surface area contributed by atoms with Gasteiger partial charge in [-0.15, -0.1) is 0 Å². The zero-order valence-corrected chi connectivity index (χ0v) is 15.1. The predicted molar refractivity (Wildman–Crippen MR) is 97.0 cm³/mol. The number of carbonyl (C=O) groups is 1. The summed E-state index contributed by atoms with van der Waals surface area (Å²) < 4.78 is 2.08. The number of piperidine rings is 1. The van der Waals surface area contributed by atoms with Crippen LogP contribution >= 0.6 is 0 Å². The van der Waals surface area contributed by atoms with Crippen LogP contribution < -0.4 is 0 Å². The summed E-state index contributed by atoms with van der Waals surface area (Å²) in [4.78, 5) is 21.8. The van der Waals surface area contributed by atoms with Gasteiger partial charge < -0.3 is 9.47 Å². The first-order valence-corrected chi connectivity index (χ1v) is 9.10. The maximum Gasteiger partial charge on any atom is 0.230 e. The largest absolute Gasteiger partial charge is 0.339 e. The topological polar surface area (TPSA) is 41.4 Å². The van der Waals surface area contributed by atoms with E-state index in [1.165, 1.54) is 0 Å². The van der Waals surface area contributed by atoms with Crippen molar-refractivity contribution >= 4 is 5.91 Å². The summed E-state index contributed by atoms with van der Waals surface area (Å²) in [6.45, 7) is 2.93. The molecule has 0 saturated carbocycles. The molecule has 2 aromatic rings. The number of aryl methyl sites for hydroxylation is 1. The van der Waals surface area contributed by atoms with Gasteiger partial charge in [0, 0.05) is 45.1 Å². The fourth-order valence-electron chi connectivity index (χ4n) is 4.43. The lowest BCUT2D eigenvalue weighted by Gasteiger charge is -2.43. The number of amides is 1. The van der Waals surface area contributed by atoms with Gasteiger partial charge in [0.25, 0.3) is 0 Å². The molecule has 5 heteroatoms. The van der Waals surface area contributed by atoms with Crippen molar-refractivity contribution in [1.82, 2.24) is 19.4 Å². The molecule has 2 aliphatic heterocycles. The minimum absolute atomic E-state index is 0.0206. The van der Waals surface area contributed by atoms with E-state index in [9.17, 15) is 4.79 Å². The van der Waals surface area contributed by atoms with Gasteiger partial charge in [-0.3, -0.25) is 9.69 Å². The van der Waals surface area contributed by atoms with Crippen LogP contribution in [0.3, 0.4) is 0 Å². The van der Waals surface area contributed by atoms with Crippen LogP contribution in [0.4, 0.5) is 0 Å². The first-order chi connectivity index (χ1) is 12.1. The number of likely N-dealkylation sites (tertiary alicyclic amines) is 2. The average molecular weight is 338 g/mol. The molecular weight excluding hydrogens is 312 g/mol. The molecule has 5 nitrogen and oxygen atoms in total. The summed E-state index contributed by atoms with van der Waals surface area (Å²) in [5.41, 5.74) is 1.18. The highest BCUT2D eigenvalue weighted by atomic mass is 16.2. The lowest BCUT2D eigenvalue weighted by atomic mass is 9.81. The van der Waals surface area contributed by atoms with Crippen LogP contribution in [0.5, 0.6) is 0 Å². The molecule has 2 fully saturated rings. The van der Waals surface area contributed by atoms with Crippen molar-refractivity contribution in [2.45, 2.75) is 37.3 Å². The van der Waals surface area contributed by atoms with Crippen molar-refractivity contribution in [2.24, 2.45) is 7.05 Å². The molecule has 3 heterocycles. The molecule has 1 aromatic carbocycles. The molecule has 1 atom stereocenters. The Morgan fingerprint density at radius 2 is 1.88 bits per heavy atom. The van der Waals surface area contributed by atoms with E-state index in [1.54, 1.807) is 0 Å². The van der Waals surface area contributed by atoms with Crippen LogP contribution in [0, 0.1) is 0 Å². The van der Waals surface area contributed by atoms with Crippen molar-refractivity contribution in [3.8, 4) is 0 Å². The maximum absolute atomic E-state index is 12.9. The number of hydrogen-bond donors (Lipinski definition) is 0. The maximum atomic E-state index is 12.9. The molecule has 132 valence electrons. The van der Waals surface area contributed by atoms with Crippen molar-refractivity contribution < 1.29 is 4.79 Å². The van der Waals surface area contributed by atoms with Crippen molar-refractivity contribution in [3.63, 3.8) is 0 Å². The van der Waals surface area contributed by atoms with E-state index < -0.39 is 0 Å². The highest BCUT2D eigenvalue weighted by molar-refractivity contribution is 5.87. The Bertz CT molecular complexity index is 746. The second-order valence-corrected chi connectivity index (χ2v) is 7.52.